The van der Waals surface area contributed by atoms with Gasteiger partial charge in [0.25, 0.3) is 0 Å². The van der Waals surface area contributed by atoms with Gasteiger partial charge in [-0.3, -0.25) is 9.80 Å². The fraction of sp³-hybridized carbons (Fsp3) is 0.786. The molecule has 0 amide bonds. The van der Waals surface area contributed by atoms with Crippen molar-refractivity contribution in [3.8, 4) is 0 Å². The Kier molecular flexibility index (Phi) is 5.43. The average Bonchev–Trinajstić information content (AvgIpc) is 3.03. The summed E-state index contributed by atoms with van der Waals surface area (Å²) in [5, 5.41) is 16.8. The summed E-state index contributed by atoms with van der Waals surface area (Å²) in [6.45, 7) is 9.81. The van der Waals surface area contributed by atoms with E-state index in [1.54, 1.807) is 11.3 Å². The SMILES string of the molecule is OC(CN1CCNCC1)CN1CCN(c2nccs2)CC1. The molecule has 1 aromatic heterocycles. The van der Waals surface area contributed by atoms with E-state index in [1.165, 1.54) is 0 Å². The number of piperazine rings is 2. The minimum atomic E-state index is -0.241. The average molecular weight is 311 g/mol. The molecule has 1 unspecified atom stereocenters. The molecule has 1 atom stereocenters. The van der Waals surface area contributed by atoms with Gasteiger partial charge in [-0.15, -0.1) is 11.3 Å². The molecule has 3 heterocycles. The van der Waals surface area contributed by atoms with E-state index in [-0.39, 0.29) is 6.10 Å². The van der Waals surface area contributed by atoms with Gasteiger partial charge in [0.1, 0.15) is 0 Å². The van der Waals surface area contributed by atoms with Crippen LogP contribution in [-0.2, 0) is 0 Å². The number of anilines is 1. The van der Waals surface area contributed by atoms with Gasteiger partial charge in [0.15, 0.2) is 5.13 Å². The van der Waals surface area contributed by atoms with E-state index < -0.39 is 0 Å². The third-order valence-corrected chi connectivity index (χ3v) is 5.04. The van der Waals surface area contributed by atoms with Gasteiger partial charge in [0.05, 0.1) is 6.10 Å². The van der Waals surface area contributed by atoms with Crippen LogP contribution in [-0.4, -0.2) is 91.4 Å². The number of nitrogens with zero attached hydrogens (tertiary/aromatic N) is 4. The smallest absolute Gasteiger partial charge is 0.185 e. The van der Waals surface area contributed by atoms with E-state index >= 15 is 0 Å². The number of aliphatic hydroxyl groups excluding tert-OH is 1. The lowest BCUT2D eigenvalue weighted by Gasteiger charge is -2.36. The van der Waals surface area contributed by atoms with Crippen molar-refractivity contribution in [2.75, 3.05) is 70.3 Å². The van der Waals surface area contributed by atoms with Gasteiger partial charge in [0, 0.05) is 77.0 Å². The molecule has 0 aliphatic carbocycles. The summed E-state index contributed by atoms with van der Waals surface area (Å²) < 4.78 is 0. The number of hydrogen-bond donors (Lipinski definition) is 2. The summed E-state index contributed by atoms with van der Waals surface area (Å²) in [7, 11) is 0. The van der Waals surface area contributed by atoms with Crippen molar-refractivity contribution in [3.05, 3.63) is 11.6 Å². The van der Waals surface area contributed by atoms with Crippen molar-refractivity contribution in [1.29, 1.82) is 0 Å². The highest BCUT2D eigenvalue weighted by Gasteiger charge is 2.22. The Morgan fingerprint density at radius 2 is 1.76 bits per heavy atom. The molecule has 0 aromatic carbocycles. The fourth-order valence-corrected chi connectivity index (χ4v) is 3.74. The highest BCUT2D eigenvalue weighted by molar-refractivity contribution is 7.13. The number of aromatic nitrogens is 1. The highest BCUT2D eigenvalue weighted by Crippen LogP contribution is 2.18. The van der Waals surface area contributed by atoms with E-state index in [1.807, 2.05) is 11.6 Å². The van der Waals surface area contributed by atoms with Crippen molar-refractivity contribution in [3.63, 3.8) is 0 Å². The first-order chi connectivity index (χ1) is 10.3. The summed E-state index contributed by atoms with van der Waals surface area (Å²) in [5.74, 6) is 0. The van der Waals surface area contributed by atoms with Gasteiger partial charge in [-0.05, 0) is 0 Å². The molecule has 2 N–H and O–H groups in total. The van der Waals surface area contributed by atoms with Crippen molar-refractivity contribution in [1.82, 2.24) is 20.1 Å². The maximum atomic E-state index is 10.3. The highest BCUT2D eigenvalue weighted by atomic mass is 32.1. The lowest BCUT2D eigenvalue weighted by molar-refractivity contribution is 0.0675. The molecule has 0 radical (unpaired) electrons. The van der Waals surface area contributed by atoms with E-state index in [4.69, 9.17) is 0 Å². The zero-order valence-corrected chi connectivity index (χ0v) is 13.3. The third kappa shape index (κ3) is 4.37. The van der Waals surface area contributed by atoms with Crippen LogP contribution in [0, 0.1) is 0 Å². The van der Waals surface area contributed by atoms with Crippen molar-refractivity contribution in [2.45, 2.75) is 6.10 Å². The van der Waals surface area contributed by atoms with Crippen molar-refractivity contribution in [2.24, 2.45) is 0 Å². The molecule has 2 aliphatic rings. The Labute approximate surface area is 130 Å². The quantitative estimate of drug-likeness (QED) is 0.767. The van der Waals surface area contributed by atoms with Gasteiger partial charge < -0.3 is 15.3 Å². The lowest BCUT2D eigenvalue weighted by Crippen LogP contribution is -2.51. The first kappa shape index (κ1) is 15.2. The number of thiazole rings is 1. The van der Waals surface area contributed by atoms with Crippen LogP contribution in [0.25, 0.3) is 0 Å². The molecule has 0 spiro atoms. The third-order valence-electron chi connectivity index (χ3n) is 4.21. The first-order valence-corrected chi connectivity index (χ1v) is 8.67. The van der Waals surface area contributed by atoms with E-state index in [9.17, 15) is 5.11 Å². The number of hydrogen-bond acceptors (Lipinski definition) is 7. The molecule has 2 aliphatic heterocycles. The van der Waals surface area contributed by atoms with E-state index in [0.29, 0.717) is 0 Å². The second kappa shape index (κ2) is 7.51. The summed E-state index contributed by atoms with van der Waals surface area (Å²) in [4.78, 5) is 11.4. The Balaban J connectivity index is 1.38. The van der Waals surface area contributed by atoms with Gasteiger partial charge in [-0.2, -0.15) is 0 Å². The van der Waals surface area contributed by atoms with Crippen LogP contribution in [0.2, 0.25) is 0 Å². The Hall–Kier alpha value is -0.730. The second-order valence-corrected chi connectivity index (χ2v) is 6.68. The lowest BCUT2D eigenvalue weighted by atomic mass is 10.2. The zero-order valence-electron chi connectivity index (χ0n) is 12.4. The van der Waals surface area contributed by atoms with Gasteiger partial charge in [0.2, 0.25) is 0 Å². The normalized spacial score (nSPS) is 23.4. The predicted molar refractivity (Wildman–Crippen MR) is 86.1 cm³/mol. The van der Waals surface area contributed by atoms with Gasteiger partial charge in [-0.25, -0.2) is 4.98 Å². The van der Waals surface area contributed by atoms with E-state index in [0.717, 1.165) is 70.6 Å². The molecular weight excluding hydrogens is 286 g/mol. The van der Waals surface area contributed by atoms with Crippen LogP contribution >= 0.6 is 11.3 Å². The van der Waals surface area contributed by atoms with Crippen LogP contribution in [0.5, 0.6) is 0 Å². The molecular formula is C14H25N5OS. The molecule has 7 heteroatoms. The topological polar surface area (TPSA) is 54.9 Å². The number of aliphatic hydroxyl groups is 1. The molecule has 3 rings (SSSR count). The molecule has 2 fully saturated rings. The van der Waals surface area contributed by atoms with E-state index in [2.05, 4.69) is 25.0 Å². The van der Waals surface area contributed by atoms with Crippen LogP contribution in [0.4, 0.5) is 5.13 Å². The number of nitrogens with one attached hydrogen (secondary N) is 1. The Morgan fingerprint density at radius 3 is 2.38 bits per heavy atom. The molecule has 0 saturated carbocycles. The number of β-amino-alcohol motifs (C(OH)–C–C–N with tert-alkyl or cyclic N) is 1. The molecule has 1 aromatic rings. The van der Waals surface area contributed by atoms with Gasteiger partial charge >= 0.3 is 0 Å². The molecule has 21 heavy (non-hydrogen) atoms. The van der Waals surface area contributed by atoms with Crippen LogP contribution in [0.1, 0.15) is 0 Å². The number of rotatable bonds is 5. The first-order valence-electron chi connectivity index (χ1n) is 7.79. The monoisotopic (exact) mass is 311 g/mol. The summed E-state index contributed by atoms with van der Waals surface area (Å²) in [6, 6.07) is 0. The van der Waals surface area contributed by atoms with Crippen molar-refractivity contribution < 1.29 is 5.11 Å². The van der Waals surface area contributed by atoms with Crippen LogP contribution in [0.3, 0.4) is 0 Å². The largest absolute Gasteiger partial charge is 0.390 e. The standard InChI is InChI=1S/C14H25N5OS/c20-13(11-17-4-1-15-2-5-17)12-18-6-8-19(9-7-18)14-16-3-10-21-14/h3,10,13,15,20H,1-2,4-9,11-12H2. The molecule has 0 bridgehead atoms. The Morgan fingerprint density at radius 1 is 1.10 bits per heavy atom. The summed E-state index contributed by atoms with van der Waals surface area (Å²) in [6.07, 6.45) is 1.62. The fourth-order valence-electron chi connectivity index (χ4n) is 3.04. The maximum Gasteiger partial charge on any atom is 0.185 e. The zero-order chi connectivity index (χ0) is 14.5. The second-order valence-electron chi connectivity index (χ2n) is 5.81. The molecule has 6 nitrogen and oxygen atoms in total. The van der Waals surface area contributed by atoms with Gasteiger partial charge in [-0.1, -0.05) is 0 Å². The minimum absolute atomic E-state index is 0.241. The molecule has 118 valence electrons. The van der Waals surface area contributed by atoms with Crippen LogP contribution < -0.4 is 10.2 Å². The molecule has 2 saturated heterocycles. The minimum Gasteiger partial charge on any atom is -0.390 e. The Bertz CT molecular complexity index is 402. The van der Waals surface area contributed by atoms with Crippen molar-refractivity contribution >= 4 is 16.5 Å². The van der Waals surface area contributed by atoms with Crippen LogP contribution in [0.15, 0.2) is 11.6 Å². The predicted octanol–water partition coefficient (Wildman–Crippen LogP) is -0.469. The maximum absolute atomic E-state index is 10.3. The summed E-state index contributed by atoms with van der Waals surface area (Å²) in [5.41, 5.74) is 0. The summed E-state index contributed by atoms with van der Waals surface area (Å²) >= 11 is 1.70.